The molecule has 2 aromatic carbocycles. The standard InChI is InChI=1S/C17H17BrCl2N2O2/c1-10(11-3-6-16(24-2)13(18)7-11)21-9-17(23)22-15-8-12(19)4-5-14(15)20/h3-8,10,21H,9H2,1-2H3,(H,22,23). The van der Waals surface area contributed by atoms with Crippen molar-refractivity contribution in [2.45, 2.75) is 13.0 Å². The molecule has 0 saturated carbocycles. The molecule has 0 spiro atoms. The Balaban J connectivity index is 1.93. The fourth-order valence-electron chi connectivity index (χ4n) is 2.10. The van der Waals surface area contributed by atoms with Gasteiger partial charge in [-0.05, 0) is 58.7 Å². The van der Waals surface area contributed by atoms with Gasteiger partial charge >= 0.3 is 0 Å². The first kappa shape index (κ1) is 19.1. The van der Waals surface area contributed by atoms with Crippen molar-refractivity contribution < 1.29 is 9.53 Å². The summed E-state index contributed by atoms with van der Waals surface area (Å²) in [6.45, 7) is 2.13. The van der Waals surface area contributed by atoms with Gasteiger partial charge < -0.3 is 15.4 Å². The van der Waals surface area contributed by atoms with Crippen LogP contribution < -0.4 is 15.4 Å². The highest BCUT2D eigenvalue weighted by molar-refractivity contribution is 9.10. The molecule has 0 bridgehead atoms. The molecule has 0 aliphatic rings. The lowest BCUT2D eigenvalue weighted by atomic mass is 10.1. The van der Waals surface area contributed by atoms with Crippen LogP contribution in [0.1, 0.15) is 18.5 Å². The maximum Gasteiger partial charge on any atom is 0.238 e. The SMILES string of the molecule is COc1ccc(C(C)NCC(=O)Nc2cc(Cl)ccc2Cl)cc1Br. The second-order valence-electron chi connectivity index (χ2n) is 5.17. The number of nitrogens with one attached hydrogen (secondary N) is 2. The van der Waals surface area contributed by atoms with Gasteiger partial charge in [-0.15, -0.1) is 0 Å². The molecule has 128 valence electrons. The average Bonchev–Trinajstić information content (AvgIpc) is 2.56. The molecule has 7 heteroatoms. The Morgan fingerprint density at radius 3 is 2.67 bits per heavy atom. The van der Waals surface area contributed by atoms with E-state index in [4.69, 9.17) is 27.9 Å². The zero-order valence-electron chi connectivity index (χ0n) is 13.2. The summed E-state index contributed by atoms with van der Waals surface area (Å²) in [7, 11) is 1.62. The van der Waals surface area contributed by atoms with Gasteiger partial charge in [-0.1, -0.05) is 29.3 Å². The summed E-state index contributed by atoms with van der Waals surface area (Å²) < 4.78 is 6.08. The normalized spacial score (nSPS) is 11.9. The van der Waals surface area contributed by atoms with E-state index in [1.165, 1.54) is 0 Å². The van der Waals surface area contributed by atoms with Crippen LogP contribution in [0.15, 0.2) is 40.9 Å². The molecule has 1 atom stereocenters. The van der Waals surface area contributed by atoms with Crippen LogP contribution in [-0.2, 0) is 4.79 Å². The van der Waals surface area contributed by atoms with Gasteiger partial charge in [0.2, 0.25) is 5.91 Å². The second kappa shape index (κ2) is 8.72. The Morgan fingerprint density at radius 1 is 1.25 bits per heavy atom. The third kappa shape index (κ3) is 5.11. The largest absolute Gasteiger partial charge is 0.496 e. The number of carbonyl (C=O) groups excluding carboxylic acids is 1. The molecule has 0 fully saturated rings. The average molecular weight is 432 g/mol. The summed E-state index contributed by atoms with van der Waals surface area (Å²) in [6.07, 6.45) is 0. The van der Waals surface area contributed by atoms with Crippen LogP contribution in [0.4, 0.5) is 5.69 Å². The van der Waals surface area contributed by atoms with Crippen molar-refractivity contribution >= 4 is 50.7 Å². The van der Waals surface area contributed by atoms with E-state index in [2.05, 4.69) is 26.6 Å². The van der Waals surface area contributed by atoms with Crippen molar-refractivity contribution in [3.63, 3.8) is 0 Å². The van der Waals surface area contributed by atoms with Crippen molar-refractivity contribution in [1.82, 2.24) is 5.32 Å². The van der Waals surface area contributed by atoms with Crippen LogP contribution in [0.5, 0.6) is 5.75 Å². The quantitative estimate of drug-likeness (QED) is 0.672. The Labute approximate surface area is 159 Å². The number of hydrogen-bond donors (Lipinski definition) is 2. The maximum absolute atomic E-state index is 12.1. The Hall–Kier alpha value is -1.27. The van der Waals surface area contributed by atoms with E-state index in [0.717, 1.165) is 15.8 Å². The molecule has 1 amide bonds. The number of benzene rings is 2. The van der Waals surface area contributed by atoms with E-state index in [1.54, 1.807) is 25.3 Å². The van der Waals surface area contributed by atoms with Crippen molar-refractivity contribution in [2.24, 2.45) is 0 Å². The highest BCUT2D eigenvalue weighted by atomic mass is 79.9. The topological polar surface area (TPSA) is 50.4 Å². The van der Waals surface area contributed by atoms with Gasteiger partial charge in [0.15, 0.2) is 0 Å². The summed E-state index contributed by atoms with van der Waals surface area (Å²) in [5, 5.41) is 6.87. The van der Waals surface area contributed by atoms with Crippen LogP contribution >= 0.6 is 39.1 Å². The van der Waals surface area contributed by atoms with Crippen LogP contribution in [0.25, 0.3) is 0 Å². The number of methoxy groups -OCH3 is 1. The first-order valence-electron chi connectivity index (χ1n) is 7.22. The molecule has 4 nitrogen and oxygen atoms in total. The van der Waals surface area contributed by atoms with Gasteiger partial charge in [0.05, 0.1) is 28.8 Å². The molecule has 2 rings (SSSR count). The predicted octanol–water partition coefficient (Wildman–Crippen LogP) is 5.05. The maximum atomic E-state index is 12.1. The van der Waals surface area contributed by atoms with Gasteiger partial charge in [0, 0.05) is 11.1 Å². The monoisotopic (exact) mass is 430 g/mol. The first-order chi connectivity index (χ1) is 11.4. The minimum Gasteiger partial charge on any atom is -0.496 e. The summed E-state index contributed by atoms with van der Waals surface area (Å²) in [6, 6.07) is 10.7. The number of amides is 1. The van der Waals surface area contributed by atoms with Crippen molar-refractivity contribution in [3.05, 3.63) is 56.5 Å². The number of hydrogen-bond acceptors (Lipinski definition) is 3. The lowest BCUT2D eigenvalue weighted by Gasteiger charge is -2.16. The summed E-state index contributed by atoms with van der Waals surface area (Å²) in [4.78, 5) is 12.1. The van der Waals surface area contributed by atoms with Crippen molar-refractivity contribution in [3.8, 4) is 5.75 Å². The first-order valence-corrected chi connectivity index (χ1v) is 8.77. The van der Waals surface area contributed by atoms with Crippen molar-refractivity contribution in [2.75, 3.05) is 19.0 Å². The minimum absolute atomic E-state index is 0.00668. The van der Waals surface area contributed by atoms with E-state index in [9.17, 15) is 4.79 Å². The van der Waals surface area contributed by atoms with Crippen LogP contribution in [0, 0.1) is 0 Å². The molecule has 0 aliphatic heterocycles. The van der Waals surface area contributed by atoms with Gasteiger partial charge in [-0.2, -0.15) is 0 Å². The fraction of sp³-hybridized carbons (Fsp3) is 0.235. The highest BCUT2D eigenvalue weighted by Gasteiger charge is 2.11. The summed E-state index contributed by atoms with van der Waals surface area (Å²) >= 11 is 15.4. The van der Waals surface area contributed by atoms with E-state index in [1.807, 2.05) is 25.1 Å². The van der Waals surface area contributed by atoms with Gasteiger partial charge in [0.1, 0.15) is 5.75 Å². The molecule has 24 heavy (non-hydrogen) atoms. The predicted molar refractivity (Wildman–Crippen MR) is 102 cm³/mol. The molecule has 1 unspecified atom stereocenters. The second-order valence-corrected chi connectivity index (χ2v) is 6.87. The molecule has 2 N–H and O–H groups in total. The number of rotatable bonds is 6. The number of ether oxygens (including phenoxy) is 1. The summed E-state index contributed by atoms with van der Waals surface area (Å²) in [5.74, 6) is 0.567. The van der Waals surface area contributed by atoms with E-state index in [-0.39, 0.29) is 18.5 Å². The van der Waals surface area contributed by atoms with Crippen LogP contribution in [-0.4, -0.2) is 19.6 Å². The Morgan fingerprint density at radius 2 is 2.00 bits per heavy atom. The van der Waals surface area contributed by atoms with E-state index in [0.29, 0.717) is 15.7 Å². The molecule has 0 radical (unpaired) electrons. The Kier molecular flexibility index (Phi) is 6.92. The summed E-state index contributed by atoms with van der Waals surface area (Å²) in [5.41, 5.74) is 1.53. The third-order valence-electron chi connectivity index (χ3n) is 3.45. The molecular formula is C17H17BrCl2N2O2. The highest BCUT2D eigenvalue weighted by Crippen LogP contribution is 2.28. The molecular weight excluding hydrogens is 415 g/mol. The van der Waals surface area contributed by atoms with Gasteiger partial charge in [-0.25, -0.2) is 0 Å². The molecule has 0 aliphatic carbocycles. The molecule has 0 heterocycles. The van der Waals surface area contributed by atoms with E-state index < -0.39 is 0 Å². The van der Waals surface area contributed by atoms with Crippen LogP contribution in [0.2, 0.25) is 10.0 Å². The molecule has 0 aromatic heterocycles. The Bertz CT molecular complexity index is 741. The molecule has 0 saturated heterocycles. The minimum atomic E-state index is -0.196. The lowest BCUT2D eigenvalue weighted by molar-refractivity contribution is -0.115. The lowest BCUT2D eigenvalue weighted by Crippen LogP contribution is -2.30. The third-order valence-corrected chi connectivity index (χ3v) is 4.63. The smallest absolute Gasteiger partial charge is 0.238 e. The van der Waals surface area contributed by atoms with Crippen LogP contribution in [0.3, 0.4) is 0 Å². The molecule has 2 aromatic rings. The number of halogens is 3. The van der Waals surface area contributed by atoms with Gasteiger partial charge in [0.25, 0.3) is 0 Å². The van der Waals surface area contributed by atoms with Crippen molar-refractivity contribution in [1.29, 1.82) is 0 Å². The zero-order chi connectivity index (χ0) is 17.7. The number of anilines is 1. The van der Waals surface area contributed by atoms with E-state index >= 15 is 0 Å². The number of carbonyl (C=O) groups is 1. The fourth-order valence-corrected chi connectivity index (χ4v) is 3.00. The zero-order valence-corrected chi connectivity index (χ0v) is 16.3. The van der Waals surface area contributed by atoms with Gasteiger partial charge in [-0.3, -0.25) is 4.79 Å².